The molecule has 4 rings (SSSR count). The first kappa shape index (κ1) is 17.5. The normalized spacial score (nSPS) is 28.9. The van der Waals surface area contributed by atoms with Crippen molar-refractivity contribution in [3.63, 3.8) is 0 Å². The Morgan fingerprint density at radius 2 is 2.08 bits per heavy atom. The average molecular weight is 356 g/mol. The van der Waals surface area contributed by atoms with Gasteiger partial charge in [-0.25, -0.2) is 0 Å². The Morgan fingerprint density at radius 1 is 1.23 bits per heavy atom. The molecule has 3 heterocycles. The van der Waals surface area contributed by atoms with Crippen molar-refractivity contribution in [1.82, 2.24) is 9.80 Å². The van der Waals surface area contributed by atoms with E-state index in [9.17, 15) is 9.59 Å². The maximum Gasteiger partial charge on any atom is 0.223 e. The lowest BCUT2D eigenvalue weighted by Crippen LogP contribution is -2.50. The molecule has 0 aliphatic carbocycles. The summed E-state index contributed by atoms with van der Waals surface area (Å²) < 4.78 is 6.16. The third-order valence-electron chi connectivity index (χ3n) is 6.16. The Morgan fingerprint density at radius 3 is 2.85 bits per heavy atom. The van der Waals surface area contributed by atoms with Gasteiger partial charge >= 0.3 is 0 Å². The summed E-state index contributed by atoms with van der Waals surface area (Å²) in [6.45, 7) is 3.03. The largest absolute Gasteiger partial charge is 0.373 e. The predicted molar refractivity (Wildman–Crippen MR) is 98.6 cm³/mol. The molecule has 0 bridgehead atoms. The SMILES string of the molecule is O=C(CCc1ccccc1)N1CC[C@@]2(C[C@H](N3CCCC3=O)CCO2)C1. The fraction of sp³-hybridized carbons (Fsp3) is 0.619. The van der Waals surface area contributed by atoms with Crippen LogP contribution < -0.4 is 0 Å². The molecule has 140 valence electrons. The highest BCUT2D eigenvalue weighted by molar-refractivity contribution is 5.78. The van der Waals surface area contributed by atoms with Gasteiger partial charge in [-0.1, -0.05) is 30.3 Å². The summed E-state index contributed by atoms with van der Waals surface area (Å²) in [4.78, 5) is 28.8. The van der Waals surface area contributed by atoms with Crippen LogP contribution in [0.15, 0.2) is 30.3 Å². The number of hydrogen-bond acceptors (Lipinski definition) is 3. The van der Waals surface area contributed by atoms with Crippen LogP contribution in [-0.2, 0) is 20.7 Å². The van der Waals surface area contributed by atoms with Crippen LogP contribution in [0.25, 0.3) is 0 Å². The summed E-state index contributed by atoms with van der Waals surface area (Å²) in [5.41, 5.74) is 0.963. The van der Waals surface area contributed by atoms with Gasteiger partial charge in [-0.2, -0.15) is 0 Å². The molecule has 3 aliphatic rings. The lowest BCUT2D eigenvalue weighted by atomic mass is 9.89. The van der Waals surface area contributed by atoms with Crippen LogP contribution in [0.3, 0.4) is 0 Å². The Balaban J connectivity index is 1.33. The first-order chi connectivity index (χ1) is 12.7. The van der Waals surface area contributed by atoms with Crippen molar-refractivity contribution >= 4 is 11.8 Å². The number of amides is 2. The first-order valence-corrected chi connectivity index (χ1v) is 9.90. The third kappa shape index (κ3) is 3.63. The fourth-order valence-electron chi connectivity index (χ4n) is 4.72. The summed E-state index contributed by atoms with van der Waals surface area (Å²) in [5, 5.41) is 0. The molecule has 2 atom stereocenters. The Labute approximate surface area is 155 Å². The van der Waals surface area contributed by atoms with Gasteiger partial charge < -0.3 is 14.5 Å². The molecule has 3 fully saturated rings. The molecular formula is C21H28N2O3. The Bertz CT molecular complexity index is 662. The van der Waals surface area contributed by atoms with E-state index in [0.29, 0.717) is 31.9 Å². The molecule has 0 radical (unpaired) electrons. The van der Waals surface area contributed by atoms with E-state index in [1.807, 2.05) is 23.1 Å². The highest BCUT2D eigenvalue weighted by Gasteiger charge is 2.46. The van der Waals surface area contributed by atoms with E-state index in [1.54, 1.807) is 0 Å². The van der Waals surface area contributed by atoms with Crippen LogP contribution >= 0.6 is 0 Å². The molecule has 5 heteroatoms. The van der Waals surface area contributed by atoms with Crippen molar-refractivity contribution in [2.45, 2.75) is 56.6 Å². The topological polar surface area (TPSA) is 49.9 Å². The summed E-state index contributed by atoms with van der Waals surface area (Å²) in [7, 11) is 0. The summed E-state index contributed by atoms with van der Waals surface area (Å²) in [6.07, 6.45) is 5.70. The Hall–Kier alpha value is -1.88. The Kier molecular flexibility index (Phi) is 4.98. The lowest BCUT2D eigenvalue weighted by molar-refractivity contribution is -0.140. The van der Waals surface area contributed by atoms with Gasteiger partial charge in [0.05, 0.1) is 5.60 Å². The molecule has 26 heavy (non-hydrogen) atoms. The van der Waals surface area contributed by atoms with Crippen LogP contribution in [0.2, 0.25) is 0 Å². The van der Waals surface area contributed by atoms with Crippen molar-refractivity contribution in [3.05, 3.63) is 35.9 Å². The highest BCUT2D eigenvalue weighted by atomic mass is 16.5. The molecular weight excluding hydrogens is 328 g/mol. The van der Waals surface area contributed by atoms with Gasteiger partial charge in [0.15, 0.2) is 0 Å². The number of hydrogen-bond donors (Lipinski definition) is 0. The molecule has 0 saturated carbocycles. The van der Waals surface area contributed by atoms with Crippen molar-refractivity contribution < 1.29 is 14.3 Å². The van der Waals surface area contributed by atoms with Gasteiger partial charge in [-0.3, -0.25) is 9.59 Å². The number of ether oxygens (including phenoxy) is 1. The number of nitrogens with zero attached hydrogens (tertiary/aromatic N) is 2. The van der Waals surface area contributed by atoms with E-state index in [-0.39, 0.29) is 17.6 Å². The zero-order valence-electron chi connectivity index (χ0n) is 15.4. The van der Waals surface area contributed by atoms with Crippen LogP contribution in [-0.4, -0.2) is 59.5 Å². The van der Waals surface area contributed by atoms with E-state index in [2.05, 4.69) is 17.0 Å². The maximum absolute atomic E-state index is 12.6. The summed E-state index contributed by atoms with van der Waals surface area (Å²) in [6, 6.07) is 10.5. The van der Waals surface area contributed by atoms with Gasteiger partial charge in [0, 0.05) is 45.1 Å². The quantitative estimate of drug-likeness (QED) is 0.832. The second-order valence-electron chi connectivity index (χ2n) is 7.92. The molecule has 2 amide bonds. The van der Waals surface area contributed by atoms with Crippen molar-refractivity contribution in [1.29, 1.82) is 0 Å². The zero-order valence-corrected chi connectivity index (χ0v) is 15.4. The molecule has 1 aromatic rings. The van der Waals surface area contributed by atoms with Gasteiger partial charge in [0.25, 0.3) is 0 Å². The second kappa shape index (κ2) is 7.39. The monoisotopic (exact) mass is 356 g/mol. The lowest BCUT2D eigenvalue weighted by Gasteiger charge is -2.41. The minimum atomic E-state index is -0.242. The molecule has 0 aromatic heterocycles. The molecule has 5 nitrogen and oxygen atoms in total. The van der Waals surface area contributed by atoms with Crippen molar-refractivity contribution in [2.75, 3.05) is 26.2 Å². The summed E-state index contributed by atoms with van der Waals surface area (Å²) in [5.74, 6) is 0.509. The van der Waals surface area contributed by atoms with Crippen LogP contribution in [0, 0.1) is 0 Å². The summed E-state index contributed by atoms with van der Waals surface area (Å²) >= 11 is 0. The maximum atomic E-state index is 12.6. The van der Waals surface area contributed by atoms with Crippen molar-refractivity contribution in [3.8, 4) is 0 Å². The van der Waals surface area contributed by atoms with E-state index in [1.165, 1.54) is 5.56 Å². The van der Waals surface area contributed by atoms with E-state index >= 15 is 0 Å². The fourth-order valence-corrected chi connectivity index (χ4v) is 4.72. The molecule has 0 N–H and O–H groups in total. The number of carbonyl (C=O) groups is 2. The zero-order chi connectivity index (χ0) is 18.0. The average Bonchev–Trinajstić information content (AvgIpc) is 3.27. The van der Waals surface area contributed by atoms with E-state index in [4.69, 9.17) is 4.74 Å². The van der Waals surface area contributed by atoms with Gasteiger partial charge in [0.2, 0.25) is 11.8 Å². The van der Waals surface area contributed by atoms with Crippen LogP contribution in [0.4, 0.5) is 0 Å². The van der Waals surface area contributed by atoms with Gasteiger partial charge in [-0.15, -0.1) is 0 Å². The van der Waals surface area contributed by atoms with Crippen LogP contribution in [0.1, 0.15) is 44.1 Å². The molecule has 0 unspecified atom stereocenters. The molecule has 1 aromatic carbocycles. The van der Waals surface area contributed by atoms with Gasteiger partial charge in [-0.05, 0) is 37.7 Å². The standard InChI is InChI=1S/C21H28N2O3/c24-19(9-8-17-5-2-1-3-6-17)22-13-11-21(16-22)15-18(10-14-26-21)23-12-4-7-20(23)25/h1-3,5-6,18H,4,7-16H2/t18-,21-/m1/s1. The predicted octanol–water partition coefficient (Wildman–Crippen LogP) is 2.39. The minimum absolute atomic E-state index is 0.216. The number of carbonyl (C=O) groups excluding carboxylic acids is 2. The number of aryl methyl sites for hydroxylation is 1. The van der Waals surface area contributed by atoms with E-state index in [0.717, 1.165) is 45.2 Å². The number of benzene rings is 1. The number of likely N-dealkylation sites (tertiary alicyclic amines) is 2. The van der Waals surface area contributed by atoms with E-state index < -0.39 is 0 Å². The first-order valence-electron chi connectivity index (χ1n) is 9.90. The highest BCUT2D eigenvalue weighted by Crippen LogP contribution is 2.37. The molecule has 3 aliphatic heterocycles. The minimum Gasteiger partial charge on any atom is -0.373 e. The molecule has 3 saturated heterocycles. The second-order valence-corrected chi connectivity index (χ2v) is 7.92. The van der Waals surface area contributed by atoms with Crippen molar-refractivity contribution in [2.24, 2.45) is 0 Å². The molecule has 1 spiro atoms. The number of rotatable bonds is 4. The third-order valence-corrected chi connectivity index (χ3v) is 6.16. The smallest absolute Gasteiger partial charge is 0.223 e. The van der Waals surface area contributed by atoms with Gasteiger partial charge in [0.1, 0.15) is 0 Å². The van der Waals surface area contributed by atoms with Crippen LogP contribution in [0.5, 0.6) is 0 Å².